The third kappa shape index (κ3) is 4.22. The van der Waals surface area contributed by atoms with Crippen LogP contribution >= 0.6 is 0 Å². The highest BCUT2D eigenvalue weighted by atomic mass is 19.1. The molecule has 178 valence electrons. The van der Waals surface area contributed by atoms with Gasteiger partial charge in [0.25, 0.3) is 5.91 Å². The van der Waals surface area contributed by atoms with Crippen molar-refractivity contribution >= 4 is 17.7 Å². The SMILES string of the molecule is CCOC(=O)N1CCC(N2CCC3(CC2)CN(C(=O)[C@H](O)CC)c2ccc(F)cc23)CC1.[HH]. The first-order valence-corrected chi connectivity index (χ1v) is 11.8. The van der Waals surface area contributed by atoms with Crippen molar-refractivity contribution in [2.45, 2.75) is 63.5 Å². The Kier molecular flexibility index (Phi) is 6.72. The van der Waals surface area contributed by atoms with Gasteiger partial charge in [0.15, 0.2) is 0 Å². The van der Waals surface area contributed by atoms with Crippen LogP contribution in [0.5, 0.6) is 0 Å². The van der Waals surface area contributed by atoms with E-state index in [0.717, 1.165) is 50.0 Å². The molecule has 1 N–H and O–H groups in total. The summed E-state index contributed by atoms with van der Waals surface area (Å²) in [5.74, 6) is -0.590. The summed E-state index contributed by atoms with van der Waals surface area (Å²) in [5, 5.41) is 10.1. The second kappa shape index (κ2) is 9.35. The maximum absolute atomic E-state index is 14.2. The third-order valence-electron chi connectivity index (χ3n) is 7.48. The van der Waals surface area contributed by atoms with Crippen molar-refractivity contribution in [1.29, 1.82) is 0 Å². The van der Waals surface area contributed by atoms with Gasteiger partial charge in [-0.05, 0) is 75.9 Å². The summed E-state index contributed by atoms with van der Waals surface area (Å²) in [6.07, 6.45) is 2.62. The summed E-state index contributed by atoms with van der Waals surface area (Å²) in [6.45, 7) is 7.65. The maximum atomic E-state index is 14.2. The van der Waals surface area contributed by atoms with Crippen LogP contribution in [0.2, 0.25) is 0 Å². The van der Waals surface area contributed by atoms with Gasteiger partial charge in [-0.1, -0.05) is 6.92 Å². The number of carbonyl (C=O) groups excluding carboxylic acids is 2. The number of ether oxygens (including phenoxy) is 1. The fraction of sp³-hybridized carbons (Fsp3) is 0.667. The van der Waals surface area contributed by atoms with E-state index in [0.29, 0.717) is 38.7 Å². The molecule has 0 unspecified atom stereocenters. The molecule has 1 aromatic carbocycles. The van der Waals surface area contributed by atoms with Gasteiger partial charge in [0, 0.05) is 38.2 Å². The standard InChI is InChI=1S/C24H34FN3O4.H2/c1-3-21(29)22(30)28-16-24(19-15-17(25)5-6-20(19)28)9-13-26(14-10-24)18-7-11-27(12-8-18)23(31)32-4-2;/h5-6,15,18,21,29H,3-4,7-14,16H2,1-2H3;1H/t21-;/m1./s1. The second-order valence-electron chi connectivity index (χ2n) is 9.24. The molecule has 2 saturated heterocycles. The Morgan fingerprint density at radius 1 is 1.22 bits per heavy atom. The summed E-state index contributed by atoms with van der Waals surface area (Å²) < 4.78 is 19.3. The minimum atomic E-state index is -1.03. The number of aliphatic hydroxyl groups is 1. The van der Waals surface area contributed by atoms with E-state index in [4.69, 9.17) is 4.74 Å². The van der Waals surface area contributed by atoms with Crippen molar-refractivity contribution in [3.8, 4) is 0 Å². The third-order valence-corrected chi connectivity index (χ3v) is 7.48. The summed E-state index contributed by atoms with van der Waals surface area (Å²) in [4.78, 5) is 30.7. The first kappa shape index (κ1) is 23.0. The number of hydrogen-bond acceptors (Lipinski definition) is 5. The molecule has 8 heteroatoms. The number of nitrogens with zero attached hydrogens (tertiary/aromatic N) is 3. The summed E-state index contributed by atoms with van der Waals surface area (Å²) >= 11 is 0. The van der Waals surface area contributed by atoms with E-state index >= 15 is 0 Å². The van der Waals surface area contributed by atoms with Crippen LogP contribution in [0.4, 0.5) is 14.9 Å². The molecule has 1 spiro atoms. The Bertz CT molecular complexity index is 854. The number of piperidine rings is 2. The highest BCUT2D eigenvalue weighted by Crippen LogP contribution is 2.48. The van der Waals surface area contributed by atoms with Crippen LogP contribution in [0.25, 0.3) is 0 Å². The lowest BCUT2D eigenvalue weighted by Crippen LogP contribution is -2.52. The molecule has 0 aromatic heterocycles. The van der Waals surface area contributed by atoms with Gasteiger partial charge in [-0.25, -0.2) is 9.18 Å². The van der Waals surface area contributed by atoms with Crippen LogP contribution in [0.3, 0.4) is 0 Å². The van der Waals surface area contributed by atoms with Gasteiger partial charge >= 0.3 is 6.09 Å². The molecule has 3 aliphatic rings. The lowest BCUT2D eigenvalue weighted by Gasteiger charge is -2.45. The van der Waals surface area contributed by atoms with Gasteiger partial charge in [0.2, 0.25) is 0 Å². The topological polar surface area (TPSA) is 73.3 Å². The molecular formula is C24H36FN3O4. The fourth-order valence-electron chi connectivity index (χ4n) is 5.57. The first-order valence-electron chi connectivity index (χ1n) is 11.8. The molecule has 3 aliphatic heterocycles. The quantitative estimate of drug-likeness (QED) is 0.765. The lowest BCUT2D eigenvalue weighted by molar-refractivity contribution is -0.126. The molecular weight excluding hydrogens is 413 g/mol. The highest BCUT2D eigenvalue weighted by Gasteiger charge is 2.48. The van der Waals surface area contributed by atoms with Gasteiger partial charge in [0.05, 0.1) is 6.61 Å². The Balaban J connectivity index is 0.00000306. The van der Waals surface area contributed by atoms with Crippen LogP contribution in [-0.4, -0.2) is 78.4 Å². The summed E-state index contributed by atoms with van der Waals surface area (Å²) in [5.41, 5.74) is 1.36. The molecule has 2 amide bonds. The number of aliphatic hydroxyl groups excluding tert-OH is 1. The van der Waals surface area contributed by atoms with E-state index in [-0.39, 0.29) is 24.7 Å². The van der Waals surface area contributed by atoms with Crippen molar-refractivity contribution in [1.82, 2.24) is 9.80 Å². The lowest BCUT2D eigenvalue weighted by atomic mass is 9.74. The Labute approximate surface area is 190 Å². The average molecular weight is 450 g/mol. The molecule has 3 heterocycles. The van der Waals surface area contributed by atoms with Crippen LogP contribution in [0.1, 0.15) is 52.9 Å². The average Bonchev–Trinajstić information content (AvgIpc) is 3.12. The zero-order valence-electron chi connectivity index (χ0n) is 19.1. The number of halogens is 1. The number of hydrogen-bond donors (Lipinski definition) is 1. The van der Waals surface area contributed by atoms with Crippen LogP contribution in [0, 0.1) is 5.82 Å². The van der Waals surface area contributed by atoms with Crippen LogP contribution in [-0.2, 0) is 14.9 Å². The number of likely N-dealkylation sites (tertiary alicyclic amines) is 2. The zero-order chi connectivity index (χ0) is 22.9. The highest BCUT2D eigenvalue weighted by molar-refractivity contribution is 5.99. The van der Waals surface area contributed by atoms with Gasteiger partial charge < -0.3 is 24.5 Å². The molecule has 0 saturated carbocycles. The van der Waals surface area contributed by atoms with Gasteiger partial charge in [-0.15, -0.1) is 0 Å². The number of benzene rings is 1. The predicted octanol–water partition coefficient (Wildman–Crippen LogP) is 3.14. The van der Waals surface area contributed by atoms with Crippen LogP contribution in [0.15, 0.2) is 18.2 Å². The minimum absolute atomic E-state index is 0. The minimum Gasteiger partial charge on any atom is -0.450 e. The van der Waals surface area contributed by atoms with Crippen molar-refractivity contribution in [2.24, 2.45) is 0 Å². The van der Waals surface area contributed by atoms with E-state index in [2.05, 4.69) is 4.90 Å². The van der Waals surface area contributed by atoms with E-state index in [1.807, 2.05) is 6.92 Å². The molecule has 7 nitrogen and oxygen atoms in total. The van der Waals surface area contributed by atoms with E-state index in [1.54, 1.807) is 28.9 Å². The molecule has 32 heavy (non-hydrogen) atoms. The largest absolute Gasteiger partial charge is 0.450 e. The molecule has 0 radical (unpaired) electrons. The number of fused-ring (bicyclic) bond motifs is 2. The second-order valence-corrected chi connectivity index (χ2v) is 9.24. The summed E-state index contributed by atoms with van der Waals surface area (Å²) in [7, 11) is 0. The number of carbonyl (C=O) groups is 2. The fourth-order valence-corrected chi connectivity index (χ4v) is 5.57. The summed E-state index contributed by atoms with van der Waals surface area (Å²) in [6, 6.07) is 5.07. The van der Waals surface area contributed by atoms with Gasteiger partial charge in [-0.3, -0.25) is 4.79 Å². The van der Waals surface area contributed by atoms with E-state index < -0.39 is 6.10 Å². The normalized spacial score (nSPS) is 22.1. The van der Waals surface area contributed by atoms with Crippen molar-refractivity contribution in [3.05, 3.63) is 29.6 Å². The maximum Gasteiger partial charge on any atom is 0.409 e. The monoisotopic (exact) mass is 449 g/mol. The molecule has 1 aromatic rings. The molecule has 1 atom stereocenters. The molecule has 2 fully saturated rings. The Morgan fingerprint density at radius 3 is 2.53 bits per heavy atom. The molecule has 4 rings (SSSR count). The van der Waals surface area contributed by atoms with Gasteiger partial charge in [0.1, 0.15) is 11.9 Å². The van der Waals surface area contributed by atoms with E-state index in [9.17, 15) is 19.1 Å². The smallest absolute Gasteiger partial charge is 0.409 e. The van der Waals surface area contributed by atoms with E-state index in [1.165, 1.54) is 6.07 Å². The molecule has 0 bridgehead atoms. The van der Waals surface area contributed by atoms with Crippen molar-refractivity contribution < 1.29 is 25.2 Å². The number of rotatable bonds is 4. The van der Waals surface area contributed by atoms with Gasteiger partial charge in [-0.2, -0.15) is 0 Å². The molecule has 0 aliphatic carbocycles. The predicted molar refractivity (Wildman–Crippen MR) is 121 cm³/mol. The number of amides is 2. The Morgan fingerprint density at radius 2 is 1.91 bits per heavy atom. The van der Waals surface area contributed by atoms with Crippen LogP contribution < -0.4 is 4.90 Å². The first-order chi connectivity index (χ1) is 15.4. The van der Waals surface area contributed by atoms with Crippen molar-refractivity contribution in [3.63, 3.8) is 0 Å². The Hall–Kier alpha value is -2.19. The number of anilines is 1. The van der Waals surface area contributed by atoms with Crippen molar-refractivity contribution in [2.75, 3.05) is 44.2 Å². The zero-order valence-corrected chi connectivity index (χ0v) is 19.1.